The van der Waals surface area contributed by atoms with Crippen molar-refractivity contribution in [2.45, 2.75) is 37.1 Å². The van der Waals surface area contributed by atoms with Crippen LogP contribution in [0.5, 0.6) is 0 Å². The number of fused-ring (bicyclic) bond motifs is 1. The highest BCUT2D eigenvalue weighted by atomic mass is 32.2. The monoisotopic (exact) mass is 433 g/mol. The Labute approximate surface area is 174 Å². The van der Waals surface area contributed by atoms with Gasteiger partial charge in [0, 0.05) is 17.5 Å². The van der Waals surface area contributed by atoms with E-state index in [1.165, 1.54) is 22.2 Å². The van der Waals surface area contributed by atoms with E-state index in [2.05, 4.69) is 25.6 Å². The van der Waals surface area contributed by atoms with E-state index in [0.29, 0.717) is 23.2 Å². The molecular formula is C19H18F3N7S. The van der Waals surface area contributed by atoms with Crippen molar-refractivity contribution in [3.63, 3.8) is 0 Å². The van der Waals surface area contributed by atoms with Gasteiger partial charge < -0.3 is 0 Å². The second-order valence-electron chi connectivity index (χ2n) is 6.61. The molecule has 11 heteroatoms. The SMILES string of the molecule is FC(F)(F)c1ccc2nnc(SCCCCCn3nnc(-c4ccccc4)n3)n2c1. The predicted molar refractivity (Wildman–Crippen MR) is 106 cm³/mol. The van der Waals surface area contributed by atoms with Gasteiger partial charge in [-0.1, -0.05) is 48.5 Å². The van der Waals surface area contributed by atoms with Gasteiger partial charge in [-0.3, -0.25) is 4.40 Å². The van der Waals surface area contributed by atoms with Crippen LogP contribution in [0.25, 0.3) is 17.0 Å². The number of unbranched alkanes of at least 4 members (excludes halogenated alkanes) is 2. The number of aryl methyl sites for hydroxylation is 1. The van der Waals surface area contributed by atoms with Crippen LogP contribution in [0.1, 0.15) is 24.8 Å². The lowest BCUT2D eigenvalue weighted by atomic mass is 10.2. The number of halogens is 3. The number of hydrogen-bond acceptors (Lipinski definition) is 6. The molecule has 0 atom stereocenters. The van der Waals surface area contributed by atoms with Gasteiger partial charge in [-0.05, 0) is 30.2 Å². The zero-order valence-corrected chi connectivity index (χ0v) is 16.6. The molecule has 0 amide bonds. The second-order valence-corrected chi connectivity index (χ2v) is 7.67. The standard InChI is InChI=1S/C19H18F3N7S/c20-19(21,22)15-9-10-16-23-25-18(28(16)13-15)30-12-6-2-5-11-29-26-17(24-27-29)14-7-3-1-4-8-14/h1,3-4,7-10,13H,2,5-6,11-12H2. The normalized spacial score (nSPS) is 12.0. The highest BCUT2D eigenvalue weighted by molar-refractivity contribution is 7.99. The zero-order valence-electron chi connectivity index (χ0n) is 15.8. The van der Waals surface area contributed by atoms with Gasteiger partial charge in [-0.2, -0.15) is 18.0 Å². The molecule has 0 aliphatic rings. The number of thioether (sulfide) groups is 1. The number of rotatable bonds is 8. The molecule has 7 nitrogen and oxygen atoms in total. The van der Waals surface area contributed by atoms with Crippen LogP contribution in [0.15, 0.2) is 53.8 Å². The summed E-state index contributed by atoms with van der Waals surface area (Å²) >= 11 is 1.40. The van der Waals surface area contributed by atoms with Gasteiger partial charge in [0.25, 0.3) is 0 Å². The third-order valence-electron chi connectivity index (χ3n) is 4.42. The zero-order chi connectivity index (χ0) is 21.0. The molecule has 0 radical (unpaired) electrons. The summed E-state index contributed by atoms with van der Waals surface area (Å²) in [6.07, 6.45) is -0.656. The molecule has 3 aromatic heterocycles. The van der Waals surface area contributed by atoms with E-state index in [1.54, 1.807) is 4.80 Å². The molecule has 0 aliphatic heterocycles. The average molecular weight is 433 g/mol. The molecule has 4 rings (SSSR count). The summed E-state index contributed by atoms with van der Waals surface area (Å²) in [4.78, 5) is 1.58. The van der Waals surface area contributed by atoms with Gasteiger partial charge in [-0.15, -0.1) is 20.4 Å². The fraction of sp³-hybridized carbons (Fsp3) is 0.316. The minimum absolute atomic E-state index is 0.400. The van der Waals surface area contributed by atoms with Crippen LogP contribution in [0.2, 0.25) is 0 Å². The fourth-order valence-electron chi connectivity index (χ4n) is 2.87. The maximum atomic E-state index is 12.9. The van der Waals surface area contributed by atoms with Crippen molar-refractivity contribution < 1.29 is 13.2 Å². The Balaban J connectivity index is 1.24. The Bertz CT molecular complexity index is 1110. The molecule has 0 unspecified atom stereocenters. The minimum Gasteiger partial charge on any atom is -0.277 e. The van der Waals surface area contributed by atoms with Crippen molar-refractivity contribution >= 4 is 17.4 Å². The number of alkyl halides is 3. The first-order valence-corrected chi connectivity index (χ1v) is 10.4. The predicted octanol–water partition coefficient (Wildman–Crippen LogP) is 4.36. The van der Waals surface area contributed by atoms with Gasteiger partial charge in [0.2, 0.25) is 5.82 Å². The smallest absolute Gasteiger partial charge is 0.277 e. The van der Waals surface area contributed by atoms with E-state index in [-0.39, 0.29) is 0 Å². The van der Waals surface area contributed by atoms with Gasteiger partial charge in [0.1, 0.15) is 0 Å². The van der Waals surface area contributed by atoms with Crippen molar-refractivity contribution in [3.8, 4) is 11.4 Å². The van der Waals surface area contributed by atoms with E-state index in [1.807, 2.05) is 30.3 Å². The van der Waals surface area contributed by atoms with Crippen molar-refractivity contribution in [1.29, 1.82) is 0 Å². The Morgan fingerprint density at radius 1 is 0.900 bits per heavy atom. The molecule has 30 heavy (non-hydrogen) atoms. The van der Waals surface area contributed by atoms with Crippen LogP contribution >= 0.6 is 11.8 Å². The number of hydrogen-bond donors (Lipinski definition) is 0. The molecule has 1 aromatic carbocycles. The molecule has 0 spiro atoms. The van der Waals surface area contributed by atoms with Crippen LogP contribution in [0, 0.1) is 0 Å². The van der Waals surface area contributed by atoms with E-state index in [9.17, 15) is 13.2 Å². The van der Waals surface area contributed by atoms with Gasteiger partial charge in [0.15, 0.2) is 10.8 Å². The quantitative estimate of drug-likeness (QED) is 0.304. The summed E-state index contributed by atoms with van der Waals surface area (Å²) in [6.45, 7) is 0.660. The summed E-state index contributed by atoms with van der Waals surface area (Å²) in [7, 11) is 0. The summed E-state index contributed by atoms with van der Waals surface area (Å²) < 4.78 is 40.1. The van der Waals surface area contributed by atoms with Crippen molar-refractivity contribution in [1.82, 2.24) is 34.8 Å². The lowest BCUT2D eigenvalue weighted by molar-refractivity contribution is -0.137. The summed E-state index contributed by atoms with van der Waals surface area (Å²) in [5.41, 5.74) is 0.609. The minimum atomic E-state index is -4.39. The van der Waals surface area contributed by atoms with Gasteiger partial charge >= 0.3 is 6.18 Å². The third kappa shape index (κ3) is 4.78. The number of aromatic nitrogens is 7. The van der Waals surface area contributed by atoms with Crippen molar-refractivity contribution in [2.75, 3.05) is 5.75 Å². The highest BCUT2D eigenvalue weighted by Crippen LogP contribution is 2.30. The molecule has 0 saturated heterocycles. The van der Waals surface area contributed by atoms with Crippen LogP contribution in [-0.2, 0) is 12.7 Å². The largest absolute Gasteiger partial charge is 0.417 e. The van der Waals surface area contributed by atoms with E-state index >= 15 is 0 Å². The Morgan fingerprint density at radius 3 is 2.53 bits per heavy atom. The Kier molecular flexibility index (Phi) is 5.98. The molecule has 0 aliphatic carbocycles. The topological polar surface area (TPSA) is 73.8 Å². The van der Waals surface area contributed by atoms with Gasteiger partial charge in [-0.25, -0.2) is 0 Å². The van der Waals surface area contributed by atoms with Crippen LogP contribution in [0.3, 0.4) is 0 Å². The Morgan fingerprint density at radius 2 is 1.73 bits per heavy atom. The molecule has 156 valence electrons. The molecular weight excluding hydrogens is 415 g/mol. The van der Waals surface area contributed by atoms with Crippen molar-refractivity contribution in [3.05, 3.63) is 54.2 Å². The van der Waals surface area contributed by atoms with Crippen LogP contribution in [-0.4, -0.2) is 40.6 Å². The van der Waals surface area contributed by atoms with E-state index in [4.69, 9.17) is 0 Å². The average Bonchev–Trinajstić information content (AvgIpc) is 3.37. The maximum absolute atomic E-state index is 12.9. The molecule has 0 fully saturated rings. The number of pyridine rings is 1. The number of nitrogens with zero attached hydrogens (tertiary/aromatic N) is 7. The Hall–Kier alpha value is -2.95. The van der Waals surface area contributed by atoms with Crippen molar-refractivity contribution in [2.24, 2.45) is 0 Å². The maximum Gasteiger partial charge on any atom is 0.417 e. The fourth-order valence-corrected chi connectivity index (χ4v) is 3.79. The first-order chi connectivity index (χ1) is 14.5. The van der Waals surface area contributed by atoms with E-state index in [0.717, 1.165) is 42.8 Å². The molecule has 0 saturated carbocycles. The molecule has 0 N–H and O–H groups in total. The summed E-state index contributed by atoms with van der Waals surface area (Å²) in [5, 5.41) is 20.9. The highest BCUT2D eigenvalue weighted by Gasteiger charge is 2.31. The first-order valence-electron chi connectivity index (χ1n) is 9.39. The molecule has 3 heterocycles. The lowest BCUT2D eigenvalue weighted by Gasteiger charge is -2.07. The van der Waals surface area contributed by atoms with Crippen LogP contribution < -0.4 is 0 Å². The second kappa shape index (κ2) is 8.82. The lowest BCUT2D eigenvalue weighted by Crippen LogP contribution is -2.06. The first kappa shape index (κ1) is 20.3. The van der Waals surface area contributed by atoms with Crippen LogP contribution in [0.4, 0.5) is 13.2 Å². The molecule has 4 aromatic rings. The van der Waals surface area contributed by atoms with E-state index < -0.39 is 11.7 Å². The number of benzene rings is 1. The summed E-state index contributed by atoms with van der Waals surface area (Å²) in [5.74, 6) is 1.33. The summed E-state index contributed by atoms with van der Waals surface area (Å²) in [6, 6.07) is 12.0. The number of tetrazole rings is 1. The molecule has 0 bridgehead atoms. The van der Waals surface area contributed by atoms with Gasteiger partial charge in [0.05, 0.1) is 12.1 Å². The third-order valence-corrected chi connectivity index (χ3v) is 5.45.